The average molecular weight is 843 g/mol. The lowest BCUT2D eigenvalue weighted by Crippen LogP contribution is -2.37. The first-order valence-electron chi connectivity index (χ1n) is 19.2. The minimum atomic E-state index is -0.565. The first kappa shape index (κ1) is 34.6. The zero-order valence-corrected chi connectivity index (χ0v) is 35.2. The molecule has 0 N–H and O–H groups in total. The summed E-state index contributed by atoms with van der Waals surface area (Å²) >= 11 is 8.53. The summed E-state index contributed by atoms with van der Waals surface area (Å²) in [6.07, 6.45) is 0. The number of halogens is 2. The number of anilines is 3. The largest absolute Gasteiger partial charge is 0.309 e. The van der Waals surface area contributed by atoms with E-state index in [-0.39, 0.29) is 10.8 Å². The molecule has 8 aromatic rings. The maximum atomic E-state index is 4.26. The highest BCUT2D eigenvalue weighted by atomic mass is 79.9. The highest BCUT2D eigenvalue weighted by molar-refractivity contribution is 9.11. The Bertz CT molecular complexity index is 2750. The molecule has 1 aromatic heterocycles. The zero-order chi connectivity index (χ0) is 38.0. The van der Waals surface area contributed by atoms with Crippen LogP contribution in [0.25, 0.3) is 38.6 Å². The van der Waals surface area contributed by atoms with Crippen LogP contribution in [0.3, 0.4) is 0 Å². The molecule has 0 saturated heterocycles. The average Bonchev–Trinajstić information content (AvgIpc) is 3.65. The van der Waals surface area contributed by atoms with E-state index in [4.69, 9.17) is 0 Å². The summed E-state index contributed by atoms with van der Waals surface area (Å²) in [5, 5.41) is 2.48. The third kappa shape index (κ3) is 4.90. The maximum absolute atomic E-state index is 4.26. The Labute approximate surface area is 340 Å². The summed E-state index contributed by atoms with van der Waals surface area (Å²) in [5.74, 6) is 0. The van der Waals surface area contributed by atoms with E-state index < -0.39 is 5.41 Å². The van der Waals surface area contributed by atoms with Gasteiger partial charge in [0.2, 0.25) is 0 Å². The predicted molar refractivity (Wildman–Crippen MR) is 239 cm³/mol. The Balaban J connectivity index is 1.38. The van der Waals surface area contributed by atoms with Gasteiger partial charge >= 0.3 is 0 Å². The van der Waals surface area contributed by atoms with Gasteiger partial charge in [-0.3, -0.25) is 0 Å². The van der Waals surface area contributed by atoms with E-state index in [9.17, 15) is 0 Å². The van der Waals surface area contributed by atoms with Gasteiger partial charge in [-0.25, -0.2) is 0 Å². The second-order valence-corrected chi connectivity index (χ2v) is 19.0. The molecule has 1 aliphatic heterocycles. The van der Waals surface area contributed by atoms with Gasteiger partial charge in [0.25, 0.3) is 0 Å². The van der Waals surface area contributed by atoms with Gasteiger partial charge in [-0.2, -0.15) is 0 Å². The molecule has 4 heteroatoms. The van der Waals surface area contributed by atoms with Gasteiger partial charge < -0.3 is 9.47 Å². The SMILES string of the molecule is CC(C)(C)c1cc(Br)c2c(c1)C1(c3ccccc3-c3ccccc31)c1cc(C(C)(C)C)cc(Br)c1N2c1ccc2c3ccccc3n(-c3ccccc3)c2c1. The molecule has 0 radical (unpaired) electrons. The quantitative estimate of drug-likeness (QED) is 0.168. The fraction of sp³-hybridized carbons (Fsp3) is 0.176. The molecule has 2 heterocycles. The van der Waals surface area contributed by atoms with Crippen LogP contribution in [0, 0.1) is 0 Å². The normalized spacial score (nSPS) is 14.3. The van der Waals surface area contributed by atoms with E-state index in [0.29, 0.717) is 0 Å². The molecule has 0 atom stereocenters. The van der Waals surface area contributed by atoms with Crippen LogP contribution < -0.4 is 4.90 Å². The number of rotatable bonds is 2. The third-order valence-electron chi connectivity index (χ3n) is 12.0. The molecule has 2 aliphatic rings. The molecule has 1 spiro atoms. The molecule has 1 aliphatic carbocycles. The van der Waals surface area contributed by atoms with Crippen LogP contribution in [0.5, 0.6) is 0 Å². The van der Waals surface area contributed by atoms with Crippen LogP contribution in [-0.2, 0) is 16.2 Å². The number of para-hydroxylation sites is 2. The number of hydrogen-bond donors (Lipinski definition) is 0. The fourth-order valence-electron chi connectivity index (χ4n) is 9.37. The van der Waals surface area contributed by atoms with Gasteiger partial charge in [0.15, 0.2) is 0 Å². The number of aromatic nitrogens is 1. The monoisotopic (exact) mass is 840 g/mol. The van der Waals surface area contributed by atoms with E-state index >= 15 is 0 Å². The standard InChI is InChI=1S/C51H42Br2N2/c1-49(2,3)31-26-41-47(43(52)28-31)55(34-24-25-38-37-20-12-15-23-45(37)54(46(38)30-34)33-16-8-7-9-17-33)48-42(27-32(29-44(48)53)50(4,5)6)51(41)39-21-13-10-18-35(39)36-19-11-14-22-40(36)51/h7-30H,1-6H3. The molecule has 0 fully saturated rings. The molecule has 0 amide bonds. The van der Waals surface area contributed by atoms with Crippen molar-refractivity contribution in [1.29, 1.82) is 0 Å². The van der Waals surface area contributed by atoms with Crippen LogP contribution in [-0.4, -0.2) is 4.57 Å². The van der Waals surface area contributed by atoms with Crippen LogP contribution in [0.1, 0.15) is 74.9 Å². The Hall–Kier alpha value is -4.90. The van der Waals surface area contributed by atoms with Crippen molar-refractivity contribution in [1.82, 2.24) is 4.57 Å². The zero-order valence-electron chi connectivity index (χ0n) is 32.0. The number of fused-ring (bicyclic) bond motifs is 12. The summed E-state index contributed by atoms with van der Waals surface area (Å²) in [5.41, 5.74) is 16.7. The fourth-order valence-corrected chi connectivity index (χ4v) is 10.6. The Morgan fingerprint density at radius 1 is 0.436 bits per heavy atom. The van der Waals surface area contributed by atoms with E-state index in [0.717, 1.165) is 31.7 Å². The Morgan fingerprint density at radius 2 is 0.927 bits per heavy atom. The van der Waals surface area contributed by atoms with Crippen molar-refractivity contribution in [2.45, 2.75) is 57.8 Å². The van der Waals surface area contributed by atoms with Crippen molar-refractivity contribution < 1.29 is 0 Å². The van der Waals surface area contributed by atoms with Crippen LogP contribution in [0.2, 0.25) is 0 Å². The summed E-state index contributed by atoms with van der Waals surface area (Å²) < 4.78 is 4.58. The number of benzene rings is 7. The molecule has 0 bridgehead atoms. The van der Waals surface area contributed by atoms with Gasteiger partial charge in [-0.05, 0) is 130 Å². The second kappa shape index (κ2) is 12.0. The molecule has 270 valence electrons. The molecule has 2 nitrogen and oxygen atoms in total. The minimum Gasteiger partial charge on any atom is -0.309 e. The lowest BCUT2D eigenvalue weighted by atomic mass is 9.63. The summed E-state index contributed by atoms with van der Waals surface area (Å²) in [6, 6.07) is 54.5. The molecule has 55 heavy (non-hydrogen) atoms. The van der Waals surface area contributed by atoms with E-state index in [1.807, 2.05) is 0 Å². The highest BCUT2D eigenvalue weighted by Crippen LogP contribution is 2.66. The van der Waals surface area contributed by atoms with Crippen LogP contribution in [0.4, 0.5) is 17.1 Å². The molecule has 0 unspecified atom stereocenters. The van der Waals surface area contributed by atoms with Gasteiger partial charge in [-0.1, -0.05) is 145 Å². The lowest BCUT2D eigenvalue weighted by molar-refractivity contribution is 0.583. The molecule has 0 saturated carbocycles. The van der Waals surface area contributed by atoms with Gasteiger partial charge in [0, 0.05) is 31.1 Å². The first-order chi connectivity index (χ1) is 26.4. The van der Waals surface area contributed by atoms with E-state index in [1.165, 1.54) is 66.3 Å². The molecule has 7 aromatic carbocycles. The first-order valence-corrected chi connectivity index (χ1v) is 20.7. The Morgan fingerprint density at radius 3 is 1.49 bits per heavy atom. The summed E-state index contributed by atoms with van der Waals surface area (Å²) in [6.45, 7) is 13.9. The summed E-state index contributed by atoms with van der Waals surface area (Å²) in [7, 11) is 0. The molecular weight excluding hydrogens is 800 g/mol. The summed E-state index contributed by atoms with van der Waals surface area (Å²) in [4.78, 5) is 2.53. The van der Waals surface area contributed by atoms with Gasteiger partial charge in [-0.15, -0.1) is 0 Å². The predicted octanol–water partition coefficient (Wildman–Crippen LogP) is 15.0. The van der Waals surface area contributed by atoms with Crippen LogP contribution in [0.15, 0.2) is 155 Å². The van der Waals surface area contributed by atoms with Crippen molar-refractivity contribution >= 4 is 70.7 Å². The van der Waals surface area contributed by atoms with Crippen LogP contribution >= 0.6 is 31.9 Å². The van der Waals surface area contributed by atoms with Crippen molar-refractivity contribution in [3.63, 3.8) is 0 Å². The molecule has 10 rings (SSSR count). The van der Waals surface area contributed by atoms with Gasteiger partial charge in [0.1, 0.15) is 0 Å². The van der Waals surface area contributed by atoms with Gasteiger partial charge in [0.05, 0.1) is 27.8 Å². The molecular formula is C51H42Br2N2. The van der Waals surface area contributed by atoms with Crippen molar-refractivity contribution in [3.8, 4) is 16.8 Å². The second-order valence-electron chi connectivity index (χ2n) is 17.3. The van der Waals surface area contributed by atoms with Crippen molar-refractivity contribution in [2.75, 3.05) is 4.90 Å². The third-order valence-corrected chi connectivity index (χ3v) is 13.2. The number of nitrogens with zero attached hydrogens (tertiary/aromatic N) is 2. The maximum Gasteiger partial charge on any atom is 0.0755 e. The lowest BCUT2D eigenvalue weighted by Gasteiger charge is -2.47. The minimum absolute atomic E-state index is 0.0785. The van der Waals surface area contributed by atoms with Crippen molar-refractivity contribution in [2.24, 2.45) is 0 Å². The number of hydrogen-bond acceptors (Lipinski definition) is 1. The highest BCUT2D eigenvalue weighted by Gasteiger charge is 2.53. The smallest absolute Gasteiger partial charge is 0.0755 e. The Kier molecular flexibility index (Phi) is 7.58. The topological polar surface area (TPSA) is 8.17 Å². The van der Waals surface area contributed by atoms with Crippen molar-refractivity contribution in [3.05, 3.63) is 188 Å². The van der Waals surface area contributed by atoms with E-state index in [1.54, 1.807) is 0 Å². The van der Waals surface area contributed by atoms with E-state index in [2.05, 4.69) is 228 Å².